The first-order chi connectivity index (χ1) is 12.1. The second-order valence-corrected chi connectivity index (χ2v) is 8.23. The number of ether oxygens (including phenoxy) is 1. The summed E-state index contributed by atoms with van der Waals surface area (Å²) in [7, 11) is 2.24. The molecule has 1 aliphatic heterocycles. The van der Waals surface area contributed by atoms with Gasteiger partial charge >= 0.3 is 0 Å². The van der Waals surface area contributed by atoms with Gasteiger partial charge in [-0.1, -0.05) is 30.3 Å². The normalized spacial score (nSPS) is 31.1. The van der Waals surface area contributed by atoms with E-state index in [4.69, 9.17) is 4.74 Å². The van der Waals surface area contributed by atoms with Crippen LogP contribution in [-0.2, 0) is 16.1 Å². The number of morpholine rings is 1. The van der Waals surface area contributed by atoms with Crippen molar-refractivity contribution in [2.45, 2.75) is 69.2 Å². The van der Waals surface area contributed by atoms with Crippen molar-refractivity contribution in [3.8, 4) is 0 Å². The summed E-state index contributed by atoms with van der Waals surface area (Å²) in [5, 5.41) is 0. The van der Waals surface area contributed by atoms with E-state index >= 15 is 0 Å². The third kappa shape index (κ3) is 3.22. The Morgan fingerprint density at radius 3 is 2.44 bits per heavy atom. The first-order valence-electron chi connectivity index (χ1n) is 9.80. The average molecular weight is 342 g/mol. The van der Waals surface area contributed by atoms with E-state index in [0.29, 0.717) is 6.04 Å². The zero-order valence-corrected chi connectivity index (χ0v) is 15.5. The summed E-state index contributed by atoms with van der Waals surface area (Å²) < 4.78 is 6.49. The molecule has 0 N–H and O–H groups in total. The Morgan fingerprint density at radius 2 is 1.84 bits per heavy atom. The Balaban J connectivity index is 1.38. The average Bonchev–Trinajstić information content (AvgIpc) is 3.40. The van der Waals surface area contributed by atoms with Gasteiger partial charge in [0.1, 0.15) is 5.60 Å². The van der Waals surface area contributed by atoms with Crippen molar-refractivity contribution in [3.05, 3.63) is 35.9 Å². The first kappa shape index (κ1) is 17.0. The molecule has 0 bridgehead atoms. The fourth-order valence-electron chi connectivity index (χ4n) is 4.71. The van der Waals surface area contributed by atoms with Crippen LogP contribution in [0.1, 0.15) is 51.0 Å². The van der Waals surface area contributed by atoms with Crippen LogP contribution in [0.3, 0.4) is 0 Å². The van der Waals surface area contributed by atoms with Crippen molar-refractivity contribution < 1.29 is 9.53 Å². The number of hydrogen-bond donors (Lipinski definition) is 0. The molecule has 4 rings (SSSR count). The van der Waals surface area contributed by atoms with Gasteiger partial charge in [-0.2, -0.15) is 0 Å². The zero-order valence-electron chi connectivity index (χ0n) is 15.5. The van der Waals surface area contributed by atoms with Crippen LogP contribution in [0.25, 0.3) is 0 Å². The number of carbonyl (C=O) groups excluding carboxylic acids is 1. The molecular weight excluding hydrogens is 312 g/mol. The Labute approximate surface area is 151 Å². The number of carbonyl (C=O) groups is 1. The summed E-state index contributed by atoms with van der Waals surface area (Å²) in [5.41, 5.74) is 0.834. The fraction of sp³-hybridized carbons (Fsp3) is 0.667. The van der Waals surface area contributed by atoms with E-state index in [1.54, 1.807) is 0 Å². The number of nitrogens with zero attached hydrogens (tertiary/aromatic N) is 2. The molecule has 2 spiro atoms. The van der Waals surface area contributed by atoms with Crippen LogP contribution >= 0.6 is 0 Å². The Bertz CT molecular complexity index is 618. The monoisotopic (exact) mass is 342 g/mol. The van der Waals surface area contributed by atoms with Gasteiger partial charge in [0.15, 0.2) is 0 Å². The van der Waals surface area contributed by atoms with Crippen molar-refractivity contribution >= 4 is 5.91 Å². The highest BCUT2D eigenvalue weighted by atomic mass is 16.5. The molecule has 3 fully saturated rings. The Kier molecular flexibility index (Phi) is 4.37. The largest absolute Gasteiger partial charge is 0.357 e. The quantitative estimate of drug-likeness (QED) is 0.842. The van der Waals surface area contributed by atoms with Crippen molar-refractivity contribution in [2.24, 2.45) is 0 Å². The SMILES string of the molecule is CCN1C[C@]2(CC[C@H](N(C)Cc3ccccc3)CC2)OC2(CC2)C1=O. The number of hydrogen-bond acceptors (Lipinski definition) is 3. The van der Waals surface area contributed by atoms with Gasteiger partial charge in [-0.25, -0.2) is 0 Å². The zero-order chi connectivity index (χ0) is 17.5. The highest BCUT2D eigenvalue weighted by molar-refractivity contribution is 5.89. The molecule has 25 heavy (non-hydrogen) atoms. The van der Waals surface area contributed by atoms with E-state index in [0.717, 1.165) is 58.2 Å². The van der Waals surface area contributed by atoms with Crippen LogP contribution in [0.2, 0.25) is 0 Å². The van der Waals surface area contributed by atoms with Crippen LogP contribution < -0.4 is 0 Å². The van der Waals surface area contributed by atoms with Crippen molar-refractivity contribution in [2.75, 3.05) is 20.1 Å². The van der Waals surface area contributed by atoms with Gasteiger partial charge in [0.25, 0.3) is 5.91 Å². The lowest BCUT2D eigenvalue weighted by Gasteiger charge is -2.50. The van der Waals surface area contributed by atoms with E-state index in [2.05, 4.69) is 49.2 Å². The maximum Gasteiger partial charge on any atom is 0.254 e. The smallest absolute Gasteiger partial charge is 0.254 e. The maximum absolute atomic E-state index is 12.5. The van der Waals surface area contributed by atoms with E-state index in [1.165, 1.54) is 5.56 Å². The molecule has 1 saturated heterocycles. The standard InChI is InChI=1S/C21H30N2O2/c1-3-23-16-20(25-21(13-14-21)19(23)24)11-9-18(10-12-20)22(2)15-17-7-5-4-6-8-17/h4-8,18H,3,9-16H2,1-2H3/t18-,20+. The van der Waals surface area contributed by atoms with E-state index in [9.17, 15) is 4.79 Å². The van der Waals surface area contributed by atoms with Crippen molar-refractivity contribution in [1.82, 2.24) is 9.80 Å². The Hall–Kier alpha value is -1.39. The molecule has 1 heterocycles. The van der Waals surface area contributed by atoms with Crippen molar-refractivity contribution in [1.29, 1.82) is 0 Å². The third-order valence-electron chi connectivity index (χ3n) is 6.42. The number of likely N-dealkylation sites (N-methyl/N-ethyl adjacent to an activating group) is 1. The molecule has 0 atom stereocenters. The molecule has 1 aromatic carbocycles. The van der Waals surface area contributed by atoms with Crippen LogP contribution in [0.5, 0.6) is 0 Å². The Morgan fingerprint density at radius 1 is 1.16 bits per heavy atom. The lowest BCUT2D eigenvalue weighted by Crippen LogP contribution is -2.61. The number of amides is 1. The summed E-state index contributed by atoms with van der Waals surface area (Å²) in [5.74, 6) is 0.240. The van der Waals surface area contributed by atoms with Crippen LogP contribution in [-0.4, -0.2) is 53.1 Å². The third-order valence-corrected chi connectivity index (χ3v) is 6.42. The van der Waals surface area contributed by atoms with Gasteiger partial charge in [0.2, 0.25) is 0 Å². The van der Waals surface area contributed by atoms with Gasteiger partial charge in [0.05, 0.1) is 5.60 Å². The van der Waals surface area contributed by atoms with Gasteiger partial charge in [-0.3, -0.25) is 9.69 Å². The molecule has 0 unspecified atom stereocenters. The fourth-order valence-corrected chi connectivity index (χ4v) is 4.71. The molecule has 4 heteroatoms. The summed E-state index contributed by atoms with van der Waals surface area (Å²) in [6, 6.07) is 11.3. The minimum absolute atomic E-state index is 0.0928. The topological polar surface area (TPSA) is 32.8 Å². The lowest BCUT2D eigenvalue weighted by molar-refractivity contribution is -0.199. The molecular formula is C21H30N2O2. The number of rotatable bonds is 4. The molecule has 2 aliphatic carbocycles. The molecule has 1 aromatic rings. The molecule has 4 nitrogen and oxygen atoms in total. The van der Waals surface area contributed by atoms with Crippen molar-refractivity contribution in [3.63, 3.8) is 0 Å². The lowest BCUT2D eigenvalue weighted by atomic mass is 9.79. The van der Waals surface area contributed by atoms with Crippen LogP contribution in [0.4, 0.5) is 0 Å². The second kappa shape index (κ2) is 6.40. The van der Waals surface area contributed by atoms with Gasteiger partial charge in [0, 0.05) is 25.7 Å². The maximum atomic E-state index is 12.5. The number of benzene rings is 1. The highest BCUT2D eigenvalue weighted by Gasteiger charge is 2.61. The van der Waals surface area contributed by atoms with Crippen LogP contribution in [0.15, 0.2) is 30.3 Å². The first-order valence-corrected chi connectivity index (χ1v) is 9.80. The highest BCUT2D eigenvalue weighted by Crippen LogP contribution is 2.51. The van der Waals surface area contributed by atoms with Gasteiger partial charge in [-0.15, -0.1) is 0 Å². The summed E-state index contributed by atoms with van der Waals surface area (Å²) in [4.78, 5) is 17.1. The predicted octanol–water partition coefficient (Wildman–Crippen LogP) is 3.21. The van der Waals surface area contributed by atoms with E-state index < -0.39 is 5.60 Å². The summed E-state index contributed by atoms with van der Waals surface area (Å²) in [6.45, 7) is 4.69. The minimum atomic E-state index is -0.447. The molecule has 136 valence electrons. The molecule has 2 saturated carbocycles. The van der Waals surface area contributed by atoms with E-state index in [-0.39, 0.29) is 11.5 Å². The molecule has 0 radical (unpaired) electrons. The summed E-state index contributed by atoms with van der Waals surface area (Å²) in [6.07, 6.45) is 6.30. The molecule has 0 aromatic heterocycles. The summed E-state index contributed by atoms with van der Waals surface area (Å²) >= 11 is 0. The van der Waals surface area contributed by atoms with Gasteiger partial charge < -0.3 is 9.64 Å². The van der Waals surface area contributed by atoms with E-state index in [1.807, 2.05) is 4.90 Å². The molecule has 1 amide bonds. The molecule has 3 aliphatic rings. The predicted molar refractivity (Wildman–Crippen MR) is 98.2 cm³/mol. The minimum Gasteiger partial charge on any atom is -0.357 e. The second-order valence-electron chi connectivity index (χ2n) is 8.23. The van der Waals surface area contributed by atoms with Crippen LogP contribution in [0, 0.1) is 0 Å². The van der Waals surface area contributed by atoms with Gasteiger partial charge in [-0.05, 0) is 58.1 Å².